The molecule has 1 aliphatic rings. The van der Waals surface area contributed by atoms with Crippen LogP contribution in [0.3, 0.4) is 0 Å². The molecular weight excluding hydrogens is 446 g/mol. The van der Waals surface area contributed by atoms with Crippen molar-refractivity contribution in [1.82, 2.24) is 29.6 Å². The van der Waals surface area contributed by atoms with Gasteiger partial charge in [-0.3, -0.25) is 4.79 Å². The summed E-state index contributed by atoms with van der Waals surface area (Å²) in [6, 6.07) is 5.87. The lowest BCUT2D eigenvalue weighted by atomic mass is 10.0. The van der Waals surface area contributed by atoms with Gasteiger partial charge >= 0.3 is 0 Å². The van der Waals surface area contributed by atoms with Crippen molar-refractivity contribution in [1.29, 1.82) is 0 Å². The van der Waals surface area contributed by atoms with E-state index in [9.17, 15) is 4.79 Å². The maximum absolute atomic E-state index is 13.8. The summed E-state index contributed by atoms with van der Waals surface area (Å²) >= 11 is 1.60. The first kappa shape index (κ1) is 22.7. The van der Waals surface area contributed by atoms with Gasteiger partial charge in [0.25, 0.3) is 5.91 Å². The number of anilines is 1. The van der Waals surface area contributed by atoms with Crippen LogP contribution in [-0.4, -0.2) is 61.7 Å². The van der Waals surface area contributed by atoms with Crippen LogP contribution in [0.25, 0.3) is 21.4 Å². The van der Waals surface area contributed by atoms with Crippen molar-refractivity contribution in [2.45, 2.75) is 53.0 Å². The predicted molar refractivity (Wildman–Crippen MR) is 137 cm³/mol. The normalized spacial score (nSPS) is 15.1. The van der Waals surface area contributed by atoms with Gasteiger partial charge in [-0.15, -0.1) is 0 Å². The van der Waals surface area contributed by atoms with Gasteiger partial charge in [0.1, 0.15) is 10.3 Å². The Hall–Kier alpha value is -3.07. The second-order valence-electron chi connectivity index (χ2n) is 10.2. The highest BCUT2D eigenvalue weighted by Gasteiger charge is 2.29. The average Bonchev–Trinajstić information content (AvgIpc) is 3.39. The molecule has 1 aliphatic heterocycles. The fourth-order valence-corrected chi connectivity index (χ4v) is 5.37. The highest BCUT2D eigenvalue weighted by Crippen LogP contribution is 2.31. The summed E-state index contributed by atoms with van der Waals surface area (Å²) in [4.78, 5) is 33.0. The minimum absolute atomic E-state index is 0.0523. The number of amides is 1. The van der Waals surface area contributed by atoms with Crippen molar-refractivity contribution in [2.24, 2.45) is 0 Å². The number of hydrogen-bond donors (Lipinski definition) is 0. The van der Waals surface area contributed by atoms with E-state index in [-0.39, 0.29) is 17.4 Å². The smallest absolute Gasteiger partial charge is 0.254 e. The van der Waals surface area contributed by atoms with Crippen LogP contribution in [0.5, 0.6) is 0 Å². The number of aryl methyl sites for hydroxylation is 1. The third kappa shape index (κ3) is 3.91. The fourth-order valence-electron chi connectivity index (χ4n) is 4.41. The summed E-state index contributed by atoms with van der Waals surface area (Å²) in [5.41, 5.74) is 3.96. The van der Waals surface area contributed by atoms with E-state index in [0.717, 1.165) is 51.0 Å². The Kier molecular flexibility index (Phi) is 5.55. The van der Waals surface area contributed by atoms with Crippen molar-refractivity contribution in [2.75, 3.05) is 31.1 Å². The summed E-state index contributed by atoms with van der Waals surface area (Å²) in [7, 11) is 0. The van der Waals surface area contributed by atoms with Crippen LogP contribution in [0.4, 0.5) is 5.13 Å². The lowest BCUT2D eigenvalue weighted by Crippen LogP contribution is -2.48. The van der Waals surface area contributed by atoms with Crippen LogP contribution >= 0.6 is 11.3 Å². The number of piperazine rings is 1. The standard InChI is InChI=1S/C25H31N7OS/c1-15(2)19-14-17(20-16(3)29-32(21(20)27-19)25(4,5)6)23(33)30-10-12-31(13-11-30)24-28-18-8-7-9-26-22(18)34-24/h7-9,14-15H,10-13H2,1-6H3. The van der Waals surface area contributed by atoms with E-state index in [1.54, 1.807) is 17.5 Å². The number of fused-ring (bicyclic) bond motifs is 2. The lowest BCUT2D eigenvalue weighted by Gasteiger charge is -2.34. The van der Waals surface area contributed by atoms with Gasteiger partial charge in [0.2, 0.25) is 0 Å². The van der Waals surface area contributed by atoms with E-state index >= 15 is 0 Å². The number of thiazole rings is 1. The zero-order chi connectivity index (χ0) is 24.2. The van der Waals surface area contributed by atoms with Crippen molar-refractivity contribution >= 4 is 43.8 Å². The van der Waals surface area contributed by atoms with Crippen LogP contribution < -0.4 is 4.90 Å². The van der Waals surface area contributed by atoms with Crippen molar-refractivity contribution < 1.29 is 4.79 Å². The summed E-state index contributed by atoms with van der Waals surface area (Å²) < 4.78 is 1.96. The number of pyridine rings is 2. The monoisotopic (exact) mass is 477 g/mol. The van der Waals surface area contributed by atoms with E-state index < -0.39 is 0 Å². The lowest BCUT2D eigenvalue weighted by molar-refractivity contribution is 0.0748. The van der Waals surface area contributed by atoms with Crippen LogP contribution in [0, 0.1) is 6.92 Å². The number of carbonyl (C=O) groups is 1. The van der Waals surface area contributed by atoms with Crippen LogP contribution in [0.2, 0.25) is 0 Å². The molecule has 0 radical (unpaired) electrons. The zero-order valence-corrected chi connectivity index (χ0v) is 21.5. The second kappa shape index (κ2) is 8.30. The first-order valence-electron chi connectivity index (χ1n) is 11.8. The SMILES string of the molecule is Cc1nn(C(C)(C)C)c2nc(C(C)C)cc(C(=O)N3CCN(c4nc5cccnc5s4)CC3)c12. The first-order valence-corrected chi connectivity index (χ1v) is 12.6. The van der Waals surface area contributed by atoms with Gasteiger partial charge in [-0.05, 0) is 51.8 Å². The van der Waals surface area contributed by atoms with Crippen LogP contribution in [0.15, 0.2) is 24.4 Å². The molecule has 8 nitrogen and oxygen atoms in total. The van der Waals surface area contributed by atoms with Crippen LogP contribution in [-0.2, 0) is 5.54 Å². The molecule has 0 unspecified atom stereocenters. The molecule has 34 heavy (non-hydrogen) atoms. The second-order valence-corrected chi connectivity index (χ2v) is 11.2. The molecule has 0 saturated carbocycles. The van der Waals surface area contributed by atoms with Crippen LogP contribution in [0.1, 0.15) is 62.3 Å². The highest BCUT2D eigenvalue weighted by molar-refractivity contribution is 7.21. The molecule has 0 N–H and O–H groups in total. The maximum atomic E-state index is 13.8. The van der Waals surface area contributed by atoms with Gasteiger partial charge in [0.15, 0.2) is 10.8 Å². The van der Waals surface area contributed by atoms with E-state index in [0.29, 0.717) is 18.7 Å². The van der Waals surface area contributed by atoms with E-state index in [1.807, 2.05) is 34.7 Å². The van der Waals surface area contributed by atoms with Crippen molar-refractivity contribution in [3.63, 3.8) is 0 Å². The molecule has 5 heterocycles. The average molecular weight is 478 g/mol. The summed E-state index contributed by atoms with van der Waals surface area (Å²) in [6.07, 6.45) is 1.80. The van der Waals surface area contributed by atoms with Crippen molar-refractivity contribution in [3.8, 4) is 0 Å². The Morgan fingerprint density at radius 1 is 1.12 bits per heavy atom. The van der Waals surface area contributed by atoms with Gasteiger partial charge in [0, 0.05) is 38.1 Å². The molecule has 1 fully saturated rings. The van der Waals surface area contributed by atoms with E-state index in [4.69, 9.17) is 15.1 Å². The Morgan fingerprint density at radius 2 is 1.85 bits per heavy atom. The number of carbonyl (C=O) groups excluding carboxylic acids is 1. The molecule has 4 aromatic rings. The molecule has 0 spiro atoms. The first-order chi connectivity index (χ1) is 16.1. The molecule has 1 saturated heterocycles. The fraction of sp³-hybridized carbons (Fsp3) is 0.480. The molecule has 0 aliphatic carbocycles. The highest BCUT2D eigenvalue weighted by atomic mass is 32.1. The molecule has 0 bridgehead atoms. The summed E-state index contributed by atoms with van der Waals surface area (Å²) in [6.45, 7) is 15.3. The van der Waals surface area contributed by atoms with Gasteiger partial charge in [-0.25, -0.2) is 19.6 Å². The molecule has 1 amide bonds. The Morgan fingerprint density at radius 3 is 2.50 bits per heavy atom. The number of rotatable bonds is 3. The topological polar surface area (TPSA) is 80.0 Å². The molecule has 0 atom stereocenters. The van der Waals surface area contributed by atoms with E-state index in [2.05, 4.69) is 44.5 Å². The third-order valence-corrected chi connectivity index (χ3v) is 7.32. The Balaban J connectivity index is 1.45. The third-order valence-electron chi connectivity index (χ3n) is 6.28. The zero-order valence-electron chi connectivity index (χ0n) is 20.7. The molecule has 178 valence electrons. The molecular formula is C25H31N7OS. The summed E-state index contributed by atoms with van der Waals surface area (Å²) in [5, 5.41) is 6.62. The molecule has 5 rings (SSSR count). The molecule has 9 heteroatoms. The predicted octanol–water partition coefficient (Wildman–Crippen LogP) is 4.59. The molecule has 0 aromatic carbocycles. The van der Waals surface area contributed by atoms with Gasteiger partial charge in [-0.1, -0.05) is 25.2 Å². The Bertz CT molecular complexity index is 1340. The van der Waals surface area contributed by atoms with Gasteiger partial charge in [-0.2, -0.15) is 5.10 Å². The maximum Gasteiger partial charge on any atom is 0.254 e. The van der Waals surface area contributed by atoms with Gasteiger partial charge in [0.05, 0.1) is 22.2 Å². The minimum atomic E-state index is -0.229. The number of hydrogen-bond acceptors (Lipinski definition) is 7. The van der Waals surface area contributed by atoms with E-state index in [1.165, 1.54) is 0 Å². The van der Waals surface area contributed by atoms with Crippen molar-refractivity contribution in [3.05, 3.63) is 41.3 Å². The quantitative estimate of drug-likeness (QED) is 0.430. The largest absolute Gasteiger partial charge is 0.344 e. The number of aromatic nitrogens is 5. The summed E-state index contributed by atoms with van der Waals surface area (Å²) in [5.74, 6) is 0.264. The number of nitrogens with zero attached hydrogens (tertiary/aromatic N) is 7. The van der Waals surface area contributed by atoms with Gasteiger partial charge < -0.3 is 9.80 Å². The minimum Gasteiger partial charge on any atom is -0.344 e. The Labute approximate surface area is 203 Å². The molecule has 4 aromatic heterocycles.